The van der Waals surface area contributed by atoms with Crippen molar-refractivity contribution in [2.45, 2.75) is 0 Å². The fourth-order valence-corrected chi connectivity index (χ4v) is 1.93. The van der Waals surface area contributed by atoms with Gasteiger partial charge in [-0.2, -0.15) is 0 Å². The Balaban J connectivity index is 2.33. The van der Waals surface area contributed by atoms with E-state index < -0.39 is 11.2 Å². The van der Waals surface area contributed by atoms with Crippen molar-refractivity contribution in [3.8, 4) is 11.3 Å². The molecule has 7 heteroatoms. The highest BCUT2D eigenvalue weighted by molar-refractivity contribution is 9.10. The van der Waals surface area contributed by atoms with E-state index >= 15 is 0 Å². The van der Waals surface area contributed by atoms with Crippen LogP contribution in [-0.2, 0) is 0 Å². The van der Waals surface area contributed by atoms with E-state index in [0.29, 0.717) is 11.2 Å². The molecule has 0 radical (unpaired) electrons. The van der Waals surface area contributed by atoms with Crippen LogP contribution in [0.1, 0.15) is 0 Å². The van der Waals surface area contributed by atoms with Gasteiger partial charge in [-0.05, 0) is 12.1 Å². The van der Waals surface area contributed by atoms with Crippen molar-refractivity contribution >= 4 is 27.0 Å². The first-order chi connectivity index (χ1) is 8.65. The summed E-state index contributed by atoms with van der Waals surface area (Å²) in [5.41, 5.74) is 0.302. The van der Waals surface area contributed by atoms with Crippen LogP contribution in [0.2, 0.25) is 0 Å². The highest BCUT2D eigenvalue weighted by Crippen LogP contribution is 2.25. The molecule has 3 aromatic rings. The number of rotatable bonds is 1. The number of halogens is 1. The van der Waals surface area contributed by atoms with Crippen LogP contribution in [0.5, 0.6) is 0 Å². The van der Waals surface area contributed by atoms with Crippen LogP contribution in [0.4, 0.5) is 0 Å². The van der Waals surface area contributed by atoms with Gasteiger partial charge >= 0.3 is 5.69 Å². The van der Waals surface area contributed by atoms with Crippen molar-refractivity contribution in [1.29, 1.82) is 0 Å². The Morgan fingerprint density at radius 2 is 1.83 bits per heavy atom. The van der Waals surface area contributed by atoms with E-state index in [-0.39, 0.29) is 5.58 Å². The molecule has 0 aliphatic carbocycles. The minimum absolute atomic E-state index is 0.00696. The van der Waals surface area contributed by atoms with Crippen LogP contribution in [0.3, 0.4) is 0 Å². The molecule has 0 unspecified atom stereocenters. The predicted molar refractivity (Wildman–Crippen MR) is 68.4 cm³/mol. The average molecular weight is 308 g/mol. The summed E-state index contributed by atoms with van der Waals surface area (Å²) in [7, 11) is 0. The summed E-state index contributed by atoms with van der Waals surface area (Å²) in [6.45, 7) is 0. The SMILES string of the molecule is O=c1[nH]c(=O)c2onc(-c3ccc(Br)cc3)c2[nH]1. The summed E-state index contributed by atoms with van der Waals surface area (Å²) in [6, 6.07) is 7.28. The van der Waals surface area contributed by atoms with Crippen molar-refractivity contribution in [3.63, 3.8) is 0 Å². The van der Waals surface area contributed by atoms with Gasteiger partial charge in [-0.1, -0.05) is 33.2 Å². The Morgan fingerprint density at radius 1 is 1.11 bits per heavy atom. The third kappa shape index (κ3) is 1.68. The zero-order valence-electron chi connectivity index (χ0n) is 8.86. The number of hydrogen-bond donors (Lipinski definition) is 2. The van der Waals surface area contributed by atoms with Crippen LogP contribution in [0.25, 0.3) is 22.4 Å². The molecule has 0 saturated carbocycles. The summed E-state index contributed by atoms with van der Waals surface area (Å²) in [5.74, 6) is 0. The third-order valence-corrected chi connectivity index (χ3v) is 3.01. The fraction of sp³-hybridized carbons (Fsp3) is 0. The molecule has 0 atom stereocenters. The number of aromatic amines is 2. The molecule has 0 fully saturated rings. The quantitative estimate of drug-likeness (QED) is 0.715. The second kappa shape index (κ2) is 3.95. The normalized spacial score (nSPS) is 10.9. The van der Waals surface area contributed by atoms with Crippen LogP contribution in [0, 0.1) is 0 Å². The smallest absolute Gasteiger partial charge is 0.326 e. The molecule has 0 saturated heterocycles. The maximum absolute atomic E-state index is 11.5. The second-order valence-corrected chi connectivity index (χ2v) is 4.57. The number of fused-ring (bicyclic) bond motifs is 1. The molecular weight excluding hydrogens is 302 g/mol. The van der Waals surface area contributed by atoms with E-state index in [0.717, 1.165) is 10.0 Å². The van der Waals surface area contributed by atoms with Crippen molar-refractivity contribution in [3.05, 3.63) is 49.6 Å². The molecule has 0 aliphatic heterocycles. The Hall–Kier alpha value is -2.15. The van der Waals surface area contributed by atoms with Gasteiger partial charge < -0.3 is 9.51 Å². The van der Waals surface area contributed by atoms with Crippen molar-refractivity contribution in [2.24, 2.45) is 0 Å². The standard InChI is InChI=1S/C11H6BrN3O3/c12-6-3-1-5(2-4-6)7-8-9(18-15-7)10(16)14-11(17)13-8/h1-4H,(H2,13,14,16,17). The largest absolute Gasteiger partial charge is 0.348 e. The molecule has 1 aromatic carbocycles. The van der Waals surface area contributed by atoms with E-state index in [4.69, 9.17) is 4.52 Å². The molecule has 0 amide bonds. The van der Waals surface area contributed by atoms with Gasteiger partial charge in [0.25, 0.3) is 5.56 Å². The minimum Gasteiger partial charge on any atom is -0.348 e. The van der Waals surface area contributed by atoms with Crippen molar-refractivity contribution in [1.82, 2.24) is 15.1 Å². The number of nitrogens with zero attached hydrogens (tertiary/aromatic N) is 1. The maximum atomic E-state index is 11.5. The number of hydrogen-bond acceptors (Lipinski definition) is 4. The van der Waals surface area contributed by atoms with Crippen molar-refractivity contribution < 1.29 is 4.52 Å². The van der Waals surface area contributed by atoms with Gasteiger partial charge in [-0.3, -0.25) is 9.78 Å². The molecule has 3 rings (SSSR count). The summed E-state index contributed by atoms with van der Waals surface area (Å²) >= 11 is 3.33. The maximum Gasteiger partial charge on any atom is 0.326 e. The predicted octanol–water partition coefficient (Wildman–Crippen LogP) is 1.63. The van der Waals surface area contributed by atoms with Crippen LogP contribution >= 0.6 is 15.9 Å². The lowest BCUT2D eigenvalue weighted by Gasteiger charge is -1.96. The van der Waals surface area contributed by atoms with Gasteiger partial charge in [0.05, 0.1) is 0 Å². The Kier molecular flexibility index (Phi) is 2.41. The first-order valence-electron chi connectivity index (χ1n) is 5.03. The molecule has 0 spiro atoms. The molecule has 0 bridgehead atoms. The molecule has 2 aromatic heterocycles. The Morgan fingerprint density at radius 3 is 2.56 bits per heavy atom. The van der Waals surface area contributed by atoms with E-state index in [2.05, 4.69) is 31.1 Å². The average Bonchev–Trinajstić information content (AvgIpc) is 2.74. The Labute approximate surface area is 108 Å². The summed E-state index contributed by atoms with van der Waals surface area (Å²) in [4.78, 5) is 27.3. The Bertz CT molecular complexity index is 829. The number of nitrogens with one attached hydrogen (secondary N) is 2. The molecule has 2 N–H and O–H groups in total. The molecular formula is C11H6BrN3O3. The molecule has 6 nitrogen and oxygen atoms in total. The van der Waals surface area contributed by atoms with E-state index in [1.54, 1.807) is 12.1 Å². The highest BCUT2D eigenvalue weighted by atomic mass is 79.9. The third-order valence-electron chi connectivity index (χ3n) is 2.48. The molecule has 90 valence electrons. The fourth-order valence-electron chi connectivity index (χ4n) is 1.67. The van der Waals surface area contributed by atoms with E-state index in [1.165, 1.54) is 0 Å². The lowest BCUT2D eigenvalue weighted by atomic mass is 10.1. The number of aromatic nitrogens is 3. The summed E-state index contributed by atoms with van der Waals surface area (Å²) in [6.07, 6.45) is 0. The van der Waals surface area contributed by atoms with Gasteiger partial charge in [-0.15, -0.1) is 0 Å². The number of benzene rings is 1. The topological polar surface area (TPSA) is 91.8 Å². The van der Waals surface area contributed by atoms with Gasteiger partial charge in [0.15, 0.2) is 0 Å². The van der Waals surface area contributed by atoms with Crippen LogP contribution in [0.15, 0.2) is 42.9 Å². The summed E-state index contributed by atoms with van der Waals surface area (Å²) < 4.78 is 5.87. The first-order valence-corrected chi connectivity index (χ1v) is 5.82. The van der Waals surface area contributed by atoms with E-state index in [9.17, 15) is 9.59 Å². The van der Waals surface area contributed by atoms with Gasteiger partial charge in [-0.25, -0.2) is 4.79 Å². The number of H-pyrrole nitrogens is 2. The van der Waals surface area contributed by atoms with Gasteiger partial charge in [0.2, 0.25) is 5.58 Å². The van der Waals surface area contributed by atoms with Crippen molar-refractivity contribution in [2.75, 3.05) is 0 Å². The monoisotopic (exact) mass is 307 g/mol. The zero-order valence-corrected chi connectivity index (χ0v) is 10.4. The molecule has 2 heterocycles. The highest BCUT2D eigenvalue weighted by Gasteiger charge is 2.14. The first kappa shape index (κ1) is 11.0. The van der Waals surface area contributed by atoms with Gasteiger partial charge in [0, 0.05) is 10.0 Å². The van der Waals surface area contributed by atoms with Crippen LogP contribution < -0.4 is 11.2 Å². The van der Waals surface area contributed by atoms with E-state index in [1.807, 2.05) is 12.1 Å². The summed E-state index contributed by atoms with van der Waals surface area (Å²) in [5, 5.41) is 3.82. The van der Waals surface area contributed by atoms with Gasteiger partial charge in [0.1, 0.15) is 11.2 Å². The molecule has 18 heavy (non-hydrogen) atoms. The minimum atomic E-state index is -0.593. The lowest BCUT2D eigenvalue weighted by Crippen LogP contribution is -2.21. The lowest BCUT2D eigenvalue weighted by molar-refractivity contribution is 0.456. The van der Waals surface area contributed by atoms with Crippen LogP contribution in [-0.4, -0.2) is 15.1 Å². The second-order valence-electron chi connectivity index (χ2n) is 3.65. The zero-order chi connectivity index (χ0) is 12.7. The molecule has 0 aliphatic rings.